The molecule has 2 aliphatic heterocycles. The Balaban J connectivity index is 1.57. The SMILES string of the molecule is COC(C)(CC(=O)C1CC2CCC(C1)N2C(=O)OCc1ccccc1)OC. The Hall–Kier alpha value is -1.92. The van der Waals surface area contributed by atoms with Gasteiger partial charge in [-0.25, -0.2) is 4.79 Å². The summed E-state index contributed by atoms with van der Waals surface area (Å²) < 4.78 is 16.2. The largest absolute Gasteiger partial charge is 0.445 e. The molecule has 0 saturated carbocycles. The molecule has 1 aromatic carbocycles. The van der Waals surface area contributed by atoms with Crippen molar-refractivity contribution in [2.45, 2.75) is 63.5 Å². The molecule has 0 spiro atoms. The van der Waals surface area contributed by atoms with E-state index in [9.17, 15) is 9.59 Å². The molecule has 27 heavy (non-hydrogen) atoms. The number of carbonyl (C=O) groups excluding carboxylic acids is 2. The predicted octanol–water partition coefficient (Wildman–Crippen LogP) is 3.53. The molecule has 2 unspecified atom stereocenters. The summed E-state index contributed by atoms with van der Waals surface area (Å²) in [6.45, 7) is 2.05. The molecule has 2 atom stereocenters. The van der Waals surface area contributed by atoms with Crippen molar-refractivity contribution in [1.82, 2.24) is 4.90 Å². The Kier molecular flexibility index (Phi) is 6.17. The number of ether oxygens (including phenoxy) is 3. The molecule has 0 radical (unpaired) electrons. The van der Waals surface area contributed by atoms with Crippen LogP contribution in [0.2, 0.25) is 0 Å². The number of benzene rings is 1. The fourth-order valence-electron chi connectivity index (χ4n) is 4.22. The number of nitrogens with zero attached hydrogens (tertiary/aromatic N) is 1. The molecule has 3 rings (SSSR count). The maximum absolute atomic E-state index is 12.7. The van der Waals surface area contributed by atoms with Crippen LogP contribution in [0.1, 0.15) is 44.6 Å². The van der Waals surface area contributed by atoms with Gasteiger partial charge in [0.05, 0.1) is 6.42 Å². The van der Waals surface area contributed by atoms with E-state index >= 15 is 0 Å². The molecular formula is C21H29NO5. The second-order valence-corrected chi connectivity index (χ2v) is 7.69. The Morgan fingerprint density at radius 3 is 2.22 bits per heavy atom. The lowest BCUT2D eigenvalue weighted by Gasteiger charge is -2.38. The van der Waals surface area contributed by atoms with Crippen molar-refractivity contribution >= 4 is 11.9 Å². The highest BCUT2D eigenvalue weighted by Gasteiger charge is 2.46. The average Bonchev–Trinajstić information content (AvgIpc) is 2.96. The zero-order valence-corrected chi connectivity index (χ0v) is 16.3. The van der Waals surface area contributed by atoms with Gasteiger partial charge < -0.3 is 19.1 Å². The third-order valence-corrected chi connectivity index (χ3v) is 5.96. The van der Waals surface area contributed by atoms with Crippen LogP contribution in [0.4, 0.5) is 4.79 Å². The van der Waals surface area contributed by atoms with Gasteiger partial charge in [0, 0.05) is 32.2 Å². The van der Waals surface area contributed by atoms with E-state index in [1.165, 1.54) is 0 Å². The summed E-state index contributed by atoms with van der Waals surface area (Å²) in [5, 5.41) is 0. The van der Waals surface area contributed by atoms with Crippen molar-refractivity contribution in [3.63, 3.8) is 0 Å². The molecule has 2 aliphatic rings. The van der Waals surface area contributed by atoms with Gasteiger partial charge >= 0.3 is 6.09 Å². The standard InChI is InChI=1S/C21H29NO5/c1-21(25-2,26-3)13-19(23)16-11-17-9-10-18(12-16)22(17)20(24)27-14-15-7-5-4-6-8-15/h4-8,16-18H,9-14H2,1-3H3. The number of Topliss-reactive ketones (excluding diaryl/α,β-unsaturated/α-hetero) is 1. The highest BCUT2D eigenvalue weighted by molar-refractivity contribution is 5.82. The lowest BCUT2D eigenvalue weighted by molar-refractivity contribution is -0.199. The summed E-state index contributed by atoms with van der Waals surface area (Å²) in [6, 6.07) is 9.83. The Morgan fingerprint density at radius 2 is 1.67 bits per heavy atom. The summed E-state index contributed by atoms with van der Waals surface area (Å²) in [5.74, 6) is -0.789. The molecule has 148 valence electrons. The van der Waals surface area contributed by atoms with Gasteiger partial charge in [-0.1, -0.05) is 30.3 Å². The van der Waals surface area contributed by atoms with Gasteiger partial charge in [0.1, 0.15) is 12.4 Å². The van der Waals surface area contributed by atoms with E-state index in [1.54, 1.807) is 21.1 Å². The monoisotopic (exact) mass is 375 g/mol. The minimum atomic E-state index is -0.887. The minimum absolute atomic E-state index is 0.0506. The van der Waals surface area contributed by atoms with E-state index < -0.39 is 5.79 Å². The molecule has 0 aromatic heterocycles. The molecular weight excluding hydrogens is 346 g/mol. The number of hydrogen-bond acceptors (Lipinski definition) is 5. The summed E-state index contributed by atoms with van der Waals surface area (Å²) in [4.78, 5) is 27.2. The number of ketones is 1. The van der Waals surface area contributed by atoms with Crippen LogP contribution in [0, 0.1) is 5.92 Å². The molecule has 6 nitrogen and oxygen atoms in total. The van der Waals surface area contributed by atoms with Crippen molar-refractivity contribution in [2.75, 3.05) is 14.2 Å². The van der Waals surface area contributed by atoms with Gasteiger partial charge in [0.2, 0.25) is 0 Å². The molecule has 2 heterocycles. The second-order valence-electron chi connectivity index (χ2n) is 7.69. The molecule has 2 bridgehead atoms. The van der Waals surface area contributed by atoms with E-state index in [4.69, 9.17) is 14.2 Å². The van der Waals surface area contributed by atoms with Gasteiger partial charge in [0.15, 0.2) is 5.79 Å². The lowest BCUT2D eigenvalue weighted by Crippen LogP contribution is -2.48. The summed E-state index contributed by atoms with van der Waals surface area (Å²) in [5.41, 5.74) is 0.974. The second kappa shape index (κ2) is 8.40. The zero-order chi connectivity index (χ0) is 19.4. The Labute approximate surface area is 160 Å². The first-order chi connectivity index (χ1) is 13.0. The van der Waals surface area contributed by atoms with Crippen molar-refractivity contribution < 1.29 is 23.8 Å². The van der Waals surface area contributed by atoms with Gasteiger partial charge in [-0.2, -0.15) is 0 Å². The van der Waals surface area contributed by atoms with E-state index in [-0.39, 0.29) is 42.9 Å². The quantitative estimate of drug-likeness (QED) is 0.682. The van der Waals surface area contributed by atoms with Crippen LogP contribution in [0.15, 0.2) is 30.3 Å². The van der Waals surface area contributed by atoms with Crippen molar-refractivity contribution in [3.05, 3.63) is 35.9 Å². The highest BCUT2D eigenvalue weighted by Crippen LogP contribution is 2.40. The minimum Gasteiger partial charge on any atom is -0.445 e. The van der Waals surface area contributed by atoms with Crippen LogP contribution in [0.25, 0.3) is 0 Å². The van der Waals surface area contributed by atoms with E-state index in [0.29, 0.717) is 12.8 Å². The van der Waals surface area contributed by atoms with Gasteiger partial charge in [-0.15, -0.1) is 0 Å². The molecule has 6 heteroatoms. The molecule has 2 saturated heterocycles. The Morgan fingerprint density at radius 1 is 1.07 bits per heavy atom. The van der Waals surface area contributed by atoms with E-state index in [2.05, 4.69) is 0 Å². The summed E-state index contributed by atoms with van der Waals surface area (Å²) in [6.07, 6.45) is 3.21. The van der Waals surface area contributed by atoms with Crippen LogP contribution in [0.5, 0.6) is 0 Å². The molecule has 2 fully saturated rings. The maximum Gasteiger partial charge on any atom is 0.410 e. The fraction of sp³-hybridized carbons (Fsp3) is 0.619. The average molecular weight is 375 g/mol. The maximum atomic E-state index is 12.7. The fourth-order valence-corrected chi connectivity index (χ4v) is 4.22. The highest BCUT2D eigenvalue weighted by atomic mass is 16.7. The topological polar surface area (TPSA) is 65.1 Å². The van der Waals surface area contributed by atoms with Gasteiger partial charge in [-0.3, -0.25) is 4.79 Å². The van der Waals surface area contributed by atoms with Crippen molar-refractivity contribution in [3.8, 4) is 0 Å². The number of piperidine rings is 1. The third-order valence-electron chi connectivity index (χ3n) is 5.96. The summed E-state index contributed by atoms with van der Waals surface area (Å²) >= 11 is 0. The number of rotatable bonds is 7. The number of fused-ring (bicyclic) bond motifs is 2. The lowest BCUT2D eigenvalue weighted by atomic mass is 9.85. The van der Waals surface area contributed by atoms with Crippen LogP contribution in [-0.2, 0) is 25.6 Å². The number of hydrogen-bond donors (Lipinski definition) is 0. The molecule has 1 amide bonds. The van der Waals surface area contributed by atoms with Gasteiger partial charge in [0.25, 0.3) is 0 Å². The predicted molar refractivity (Wildman–Crippen MR) is 100 cm³/mol. The summed E-state index contributed by atoms with van der Waals surface area (Å²) in [7, 11) is 3.09. The first-order valence-corrected chi connectivity index (χ1v) is 9.58. The van der Waals surface area contributed by atoms with Crippen LogP contribution in [0.3, 0.4) is 0 Å². The van der Waals surface area contributed by atoms with E-state index in [0.717, 1.165) is 18.4 Å². The normalized spacial score (nSPS) is 24.7. The smallest absolute Gasteiger partial charge is 0.410 e. The number of amides is 1. The van der Waals surface area contributed by atoms with Gasteiger partial charge in [-0.05, 0) is 38.2 Å². The van der Waals surface area contributed by atoms with Crippen LogP contribution in [-0.4, -0.2) is 48.9 Å². The molecule has 1 aromatic rings. The van der Waals surface area contributed by atoms with E-state index in [1.807, 2.05) is 35.2 Å². The molecule has 0 aliphatic carbocycles. The van der Waals surface area contributed by atoms with Crippen LogP contribution < -0.4 is 0 Å². The first kappa shape index (κ1) is 19.8. The Bertz CT molecular complexity index is 644. The third kappa shape index (κ3) is 4.50. The number of methoxy groups -OCH3 is 2. The van der Waals surface area contributed by atoms with Crippen LogP contribution >= 0.6 is 0 Å². The number of carbonyl (C=O) groups is 2. The zero-order valence-electron chi connectivity index (χ0n) is 16.3. The molecule has 0 N–H and O–H groups in total. The van der Waals surface area contributed by atoms with Crippen molar-refractivity contribution in [2.24, 2.45) is 5.92 Å². The first-order valence-electron chi connectivity index (χ1n) is 9.58. The van der Waals surface area contributed by atoms with Crippen molar-refractivity contribution in [1.29, 1.82) is 0 Å².